The first kappa shape index (κ1) is 23.3. The van der Waals surface area contributed by atoms with Gasteiger partial charge in [0.25, 0.3) is 0 Å². The summed E-state index contributed by atoms with van der Waals surface area (Å²) in [5, 5.41) is 2.49. The summed E-state index contributed by atoms with van der Waals surface area (Å²) >= 11 is 5.68. The molecular weight excluding hydrogens is 422 g/mol. The number of ether oxygens (including phenoxy) is 1. The average molecular weight is 447 g/mol. The van der Waals surface area contributed by atoms with Gasteiger partial charge in [0.15, 0.2) is 11.0 Å². The Hall–Kier alpha value is -2.42. The Morgan fingerprint density at radius 1 is 1.23 bits per heavy atom. The topological polar surface area (TPSA) is 69.7 Å². The Balaban J connectivity index is 1.73. The van der Waals surface area contributed by atoms with Crippen LogP contribution in [-0.4, -0.2) is 35.9 Å². The van der Waals surface area contributed by atoms with Crippen LogP contribution in [0.25, 0.3) is 6.08 Å². The highest BCUT2D eigenvalue weighted by Gasteiger charge is 2.52. The monoisotopic (exact) mass is 446 g/mol. The van der Waals surface area contributed by atoms with Crippen LogP contribution in [0.5, 0.6) is 0 Å². The van der Waals surface area contributed by atoms with E-state index >= 15 is 0 Å². The predicted molar refractivity (Wildman–Crippen MR) is 118 cm³/mol. The van der Waals surface area contributed by atoms with E-state index in [0.29, 0.717) is 11.0 Å². The fourth-order valence-corrected chi connectivity index (χ4v) is 2.98. The fourth-order valence-electron chi connectivity index (χ4n) is 2.87. The summed E-state index contributed by atoms with van der Waals surface area (Å²) in [6, 6.07) is 10.6. The van der Waals surface area contributed by atoms with Gasteiger partial charge in [-0.2, -0.15) is 0 Å². The maximum Gasteiger partial charge on any atom is 0.492 e. The molecule has 6 nitrogen and oxygen atoms in total. The lowest BCUT2D eigenvalue weighted by Crippen LogP contribution is -2.41. The minimum Gasteiger partial charge on any atom is -0.445 e. The van der Waals surface area contributed by atoms with Crippen molar-refractivity contribution in [2.75, 3.05) is 6.54 Å². The highest BCUT2D eigenvalue weighted by atomic mass is 35.5. The number of rotatable bonds is 6. The van der Waals surface area contributed by atoms with Gasteiger partial charge in [-0.05, 0) is 50.4 Å². The van der Waals surface area contributed by atoms with Crippen molar-refractivity contribution in [2.24, 2.45) is 0 Å². The molecule has 0 spiro atoms. The van der Waals surface area contributed by atoms with E-state index in [1.54, 1.807) is 6.08 Å². The lowest BCUT2D eigenvalue weighted by atomic mass is 9.77. The first-order valence-electron chi connectivity index (χ1n) is 9.89. The van der Waals surface area contributed by atoms with Crippen LogP contribution in [0.4, 0.5) is 9.18 Å². The molecule has 1 saturated heterocycles. The van der Waals surface area contributed by atoms with Crippen molar-refractivity contribution >= 4 is 30.9 Å². The van der Waals surface area contributed by atoms with Crippen molar-refractivity contribution in [3.05, 3.63) is 70.2 Å². The molecule has 1 aromatic heterocycles. The van der Waals surface area contributed by atoms with Gasteiger partial charge in [-0.15, -0.1) is 0 Å². The molecule has 1 amide bonds. The number of carbonyl (C=O) groups is 1. The Bertz CT molecular complexity index is 953. The van der Waals surface area contributed by atoms with Crippen LogP contribution in [0.2, 0.25) is 5.15 Å². The zero-order chi connectivity index (χ0) is 22.6. The van der Waals surface area contributed by atoms with Gasteiger partial charge in [0.2, 0.25) is 0 Å². The van der Waals surface area contributed by atoms with E-state index in [4.69, 9.17) is 25.6 Å². The quantitative estimate of drug-likeness (QED) is 0.509. The Morgan fingerprint density at radius 3 is 2.48 bits per heavy atom. The Kier molecular flexibility index (Phi) is 7.04. The van der Waals surface area contributed by atoms with Gasteiger partial charge in [-0.3, -0.25) is 0 Å². The number of benzene rings is 1. The zero-order valence-electron chi connectivity index (χ0n) is 17.9. The van der Waals surface area contributed by atoms with E-state index in [1.807, 2.05) is 58.0 Å². The third kappa shape index (κ3) is 5.84. The van der Waals surface area contributed by atoms with Crippen LogP contribution in [0.15, 0.2) is 48.1 Å². The number of amides is 1. The van der Waals surface area contributed by atoms with Crippen molar-refractivity contribution in [3.63, 3.8) is 0 Å². The molecule has 9 heteroatoms. The summed E-state index contributed by atoms with van der Waals surface area (Å²) in [4.78, 5) is 16.0. The average Bonchev–Trinajstić information content (AvgIpc) is 2.94. The first-order chi connectivity index (χ1) is 14.6. The molecule has 3 rings (SSSR count). The smallest absolute Gasteiger partial charge is 0.445 e. The van der Waals surface area contributed by atoms with Crippen molar-refractivity contribution < 1.29 is 23.2 Å². The molecule has 2 aromatic rings. The molecule has 0 unspecified atom stereocenters. The highest BCUT2D eigenvalue weighted by molar-refractivity contribution is 6.56. The molecule has 0 saturated carbocycles. The molecule has 1 N–H and O–H groups in total. The zero-order valence-corrected chi connectivity index (χ0v) is 18.7. The largest absolute Gasteiger partial charge is 0.492 e. The van der Waals surface area contributed by atoms with Gasteiger partial charge in [-0.1, -0.05) is 48.0 Å². The molecule has 164 valence electrons. The third-order valence-electron chi connectivity index (χ3n) is 5.38. The second kappa shape index (κ2) is 9.38. The van der Waals surface area contributed by atoms with Crippen molar-refractivity contribution in [2.45, 2.75) is 45.5 Å². The van der Waals surface area contributed by atoms with Crippen LogP contribution in [0.1, 0.15) is 38.8 Å². The van der Waals surface area contributed by atoms with Gasteiger partial charge in [0.1, 0.15) is 6.61 Å². The number of pyridine rings is 1. The Labute approximate surface area is 186 Å². The summed E-state index contributed by atoms with van der Waals surface area (Å²) < 4.78 is 31.3. The number of nitrogens with zero attached hydrogens (tertiary/aromatic N) is 1. The minimum absolute atomic E-state index is 0.0781. The second-order valence-electron chi connectivity index (χ2n) is 8.26. The van der Waals surface area contributed by atoms with Gasteiger partial charge >= 0.3 is 13.2 Å². The number of hydrogen-bond acceptors (Lipinski definition) is 5. The van der Waals surface area contributed by atoms with Crippen LogP contribution in [0.3, 0.4) is 0 Å². The Morgan fingerprint density at radius 2 is 1.87 bits per heavy atom. The number of alkyl carbamates (subject to hydrolysis) is 1. The van der Waals surface area contributed by atoms with Gasteiger partial charge in [0.05, 0.1) is 11.2 Å². The maximum absolute atomic E-state index is 13.9. The summed E-state index contributed by atoms with van der Waals surface area (Å²) in [6.07, 6.45) is 2.50. The molecule has 31 heavy (non-hydrogen) atoms. The third-order valence-corrected chi connectivity index (χ3v) is 5.65. The molecule has 1 aliphatic heterocycles. The number of aromatic nitrogens is 1. The number of nitrogens with one attached hydrogen (secondary N) is 1. The normalized spacial score (nSPS) is 17.5. The molecule has 2 heterocycles. The fraction of sp³-hybridized carbons (Fsp3) is 0.364. The SMILES string of the molecule is CC1(C)OB(C(=Cc2cnc(Cl)c(F)c2)CNC(=O)OCc2ccccc2)OC1(C)C. The van der Waals surface area contributed by atoms with E-state index in [9.17, 15) is 9.18 Å². The lowest BCUT2D eigenvalue weighted by molar-refractivity contribution is 0.00578. The first-order valence-corrected chi connectivity index (χ1v) is 10.3. The van der Waals surface area contributed by atoms with Crippen LogP contribution >= 0.6 is 11.6 Å². The second-order valence-corrected chi connectivity index (χ2v) is 8.62. The summed E-state index contributed by atoms with van der Waals surface area (Å²) in [6.45, 7) is 7.93. The van der Waals surface area contributed by atoms with Crippen molar-refractivity contribution in [1.29, 1.82) is 0 Å². The number of carbonyl (C=O) groups excluding carboxylic acids is 1. The molecule has 1 fully saturated rings. The highest BCUT2D eigenvalue weighted by Crippen LogP contribution is 2.38. The predicted octanol–water partition coefficient (Wildman–Crippen LogP) is 4.82. The standard InChI is InChI=1S/C22H25BClFN2O4/c1-21(2)22(3,4)31-23(30-21)17(10-16-11-18(25)19(24)26-12-16)13-27-20(28)29-14-15-8-6-5-7-9-15/h5-12H,13-14H2,1-4H3,(H,27,28). The molecule has 0 radical (unpaired) electrons. The molecule has 0 atom stereocenters. The molecule has 0 bridgehead atoms. The number of hydrogen-bond donors (Lipinski definition) is 1. The van der Waals surface area contributed by atoms with E-state index in [2.05, 4.69) is 10.3 Å². The van der Waals surface area contributed by atoms with Crippen LogP contribution in [-0.2, 0) is 20.7 Å². The number of halogens is 2. The van der Waals surface area contributed by atoms with Crippen LogP contribution in [0, 0.1) is 5.82 Å². The van der Waals surface area contributed by atoms with Crippen molar-refractivity contribution in [3.8, 4) is 0 Å². The van der Waals surface area contributed by atoms with Crippen molar-refractivity contribution in [1.82, 2.24) is 10.3 Å². The van der Waals surface area contributed by atoms with Gasteiger partial charge in [0, 0.05) is 12.7 Å². The minimum atomic E-state index is -0.738. The lowest BCUT2D eigenvalue weighted by Gasteiger charge is -2.32. The van der Waals surface area contributed by atoms with E-state index in [1.165, 1.54) is 12.3 Å². The summed E-state index contributed by atoms with van der Waals surface area (Å²) in [7, 11) is -0.738. The summed E-state index contributed by atoms with van der Waals surface area (Å²) in [5.74, 6) is -0.640. The maximum atomic E-state index is 13.9. The molecule has 0 aliphatic carbocycles. The van der Waals surface area contributed by atoms with Gasteiger partial charge < -0.3 is 19.4 Å². The van der Waals surface area contributed by atoms with Gasteiger partial charge in [-0.25, -0.2) is 14.2 Å². The van der Waals surface area contributed by atoms with E-state index in [0.717, 1.165) is 5.56 Å². The molecule has 1 aromatic carbocycles. The molecular formula is C22H25BClFN2O4. The van der Waals surface area contributed by atoms with E-state index in [-0.39, 0.29) is 18.3 Å². The molecule has 1 aliphatic rings. The van der Waals surface area contributed by atoms with E-state index < -0.39 is 30.2 Å². The summed E-state index contributed by atoms with van der Waals surface area (Å²) in [5.41, 5.74) is 0.772. The van der Waals surface area contributed by atoms with Crippen LogP contribution < -0.4 is 5.32 Å².